The number of aliphatic hydroxyl groups is 2. The second kappa shape index (κ2) is 9.33. The maximum absolute atomic E-state index is 12.8. The normalized spacial score (nSPS) is 12.9. The van der Waals surface area contributed by atoms with Gasteiger partial charge in [0.15, 0.2) is 0 Å². The number of aromatic nitrogens is 3. The van der Waals surface area contributed by atoms with Gasteiger partial charge in [0.2, 0.25) is 5.69 Å². The van der Waals surface area contributed by atoms with Crippen molar-refractivity contribution in [3.63, 3.8) is 0 Å². The van der Waals surface area contributed by atoms with Crippen LogP contribution in [0.15, 0.2) is 67.0 Å². The Morgan fingerprint density at radius 3 is 2.67 bits per heavy atom. The zero-order valence-corrected chi connectivity index (χ0v) is 17.8. The molecule has 168 valence electrons. The Hall–Kier alpha value is -3.86. The smallest absolute Gasteiger partial charge is 0.356 e. The Labute approximate surface area is 192 Å². The summed E-state index contributed by atoms with van der Waals surface area (Å²) in [5.41, 5.74) is 2.29. The number of nitro groups is 1. The molecule has 2 heterocycles. The van der Waals surface area contributed by atoms with Crippen LogP contribution in [0.4, 0.5) is 5.69 Å². The first-order valence-electron chi connectivity index (χ1n) is 9.87. The lowest BCUT2D eigenvalue weighted by molar-refractivity contribution is -0.578. The summed E-state index contributed by atoms with van der Waals surface area (Å²) in [6, 6.07) is 12.9. The van der Waals surface area contributed by atoms with E-state index in [-0.39, 0.29) is 11.4 Å². The standard InChI is InChI=1S/C22H18ClN5O5/c23-15-3-1-2-14(10-15)17-11-24-27-9-8-18(25-21(17)27)22(31)26-19(12-29)20(30)13-4-6-16(7-5-13)28(32)33/h1-11,19-20,29-30H,12H2,(H,26,31)/p+1/t19-,20-/m1/s1. The molecule has 0 radical (unpaired) electrons. The maximum Gasteiger partial charge on any atom is 0.356 e. The van der Waals surface area contributed by atoms with E-state index in [1.165, 1.54) is 30.3 Å². The number of carbonyl (C=O) groups excluding carboxylic acids is 1. The molecule has 0 aliphatic rings. The number of fused-ring (bicyclic) bond motifs is 1. The molecular weight excluding hydrogens is 450 g/mol. The van der Waals surface area contributed by atoms with Crippen LogP contribution in [0.2, 0.25) is 5.02 Å². The molecule has 0 aliphatic heterocycles. The minimum atomic E-state index is -1.29. The number of rotatable bonds is 7. The number of halogens is 1. The Balaban J connectivity index is 1.57. The average molecular weight is 469 g/mol. The van der Waals surface area contributed by atoms with Crippen LogP contribution >= 0.6 is 11.6 Å². The molecule has 2 aromatic carbocycles. The van der Waals surface area contributed by atoms with Crippen LogP contribution in [-0.2, 0) is 0 Å². The summed E-state index contributed by atoms with van der Waals surface area (Å²) in [6.45, 7) is -0.557. The van der Waals surface area contributed by atoms with Crippen molar-refractivity contribution in [3.05, 3.63) is 93.4 Å². The summed E-state index contributed by atoms with van der Waals surface area (Å²) in [5.74, 6) is -0.601. The molecule has 2 aromatic heterocycles. The van der Waals surface area contributed by atoms with Crippen molar-refractivity contribution in [3.8, 4) is 11.1 Å². The molecule has 10 nitrogen and oxygen atoms in total. The Morgan fingerprint density at radius 2 is 2.00 bits per heavy atom. The van der Waals surface area contributed by atoms with Gasteiger partial charge in [-0.15, -0.1) is 4.52 Å². The highest BCUT2D eigenvalue weighted by molar-refractivity contribution is 6.30. The van der Waals surface area contributed by atoms with Gasteiger partial charge in [-0.05, 0) is 40.4 Å². The first kappa shape index (κ1) is 22.3. The van der Waals surface area contributed by atoms with Crippen molar-refractivity contribution in [2.24, 2.45) is 0 Å². The van der Waals surface area contributed by atoms with Crippen molar-refractivity contribution in [2.45, 2.75) is 12.1 Å². The minimum absolute atomic E-state index is 0.0761. The van der Waals surface area contributed by atoms with Gasteiger partial charge >= 0.3 is 5.65 Å². The average Bonchev–Trinajstić information content (AvgIpc) is 3.25. The zero-order valence-electron chi connectivity index (χ0n) is 17.1. The van der Waals surface area contributed by atoms with Crippen LogP contribution in [0.1, 0.15) is 22.2 Å². The van der Waals surface area contributed by atoms with E-state index in [1.54, 1.807) is 29.0 Å². The molecule has 1 amide bonds. The predicted molar refractivity (Wildman–Crippen MR) is 119 cm³/mol. The Kier molecular flexibility index (Phi) is 6.31. The van der Waals surface area contributed by atoms with E-state index in [0.29, 0.717) is 16.2 Å². The third-order valence-electron chi connectivity index (χ3n) is 5.13. The molecule has 33 heavy (non-hydrogen) atoms. The van der Waals surface area contributed by atoms with Crippen molar-refractivity contribution in [1.82, 2.24) is 15.4 Å². The summed E-state index contributed by atoms with van der Waals surface area (Å²) in [4.78, 5) is 27.5. The highest BCUT2D eigenvalue weighted by atomic mass is 35.5. The summed E-state index contributed by atoms with van der Waals surface area (Å²) in [7, 11) is 0. The fourth-order valence-electron chi connectivity index (χ4n) is 3.40. The van der Waals surface area contributed by atoms with Crippen LogP contribution < -0.4 is 9.83 Å². The second-order valence-corrected chi connectivity index (χ2v) is 7.70. The van der Waals surface area contributed by atoms with Crippen molar-refractivity contribution in [2.75, 3.05) is 6.61 Å². The van der Waals surface area contributed by atoms with Gasteiger partial charge in [0.05, 0.1) is 29.3 Å². The van der Waals surface area contributed by atoms with Crippen molar-refractivity contribution in [1.29, 1.82) is 0 Å². The number of non-ortho nitro benzene ring substituents is 1. The van der Waals surface area contributed by atoms with Gasteiger partial charge in [0.1, 0.15) is 12.3 Å². The number of hydrogen-bond acceptors (Lipinski definition) is 6. The quantitative estimate of drug-likeness (QED) is 0.186. The number of aliphatic hydroxyl groups excluding tert-OH is 2. The predicted octanol–water partition coefficient (Wildman–Crippen LogP) is 2.20. The van der Waals surface area contributed by atoms with E-state index in [0.717, 1.165) is 11.1 Å². The van der Waals surface area contributed by atoms with Gasteiger partial charge in [0, 0.05) is 23.2 Å². The first-order valence-corrected chi connectivity index (χ1v) is 10.2. The van der Waals surface area contributed by atoms with Crippen LogP contribution in [0.25, 0.3) is 16.8 Å². The molecule has 11 heteroatoms. The van der Waals surface area contributed by atoms with Crippen LogP contribution in [0.3, 0.4) is 0 Å². The number of amides is 1. The van der Waals surface area contributed by atoms with E-state index in [2.05, 4.69) is 15.4 Å². The lowest BCUT2D eigenvalue weighted by atomic mass is 10.0. The van der Waals surface area contributed by atoms with Crippen molar-refractivity contribution >= 4 is 28.8 Å². The molecule has 0 fully saturated rings. The van der Waals surface area contributed by atoms with E-state index in [9.17, 15) is 25.1 Å². The van der Waals surface area contributed by atoms with E-state index >= 15 is 0 Å². The van der Waals surface area contributed by atoms with Gasteiger partial charge in [-0.3, -0.25) is 14.9 Å². The molecule has 4 rings (SSSR count). The summed E-state index contributed by atoms with van der Waals surface area (Å²) in [6.07, 6.45) is 2.09. The number of nitro benzene ring substituents is 1. The Morgan fingerprint density at radius 1 is 1.24 bits per heavy atom. The third-order valence-corrected chi connectivity index (χ3v) is 5.37. The molecule has 4 N–H and O–H groups in total. The fraction of sp³-hybridized carbons (Fsp3) is 0.136. The van der Waals surface area contributed by atoms with E-state index < -0.39 is 29.6 Å². The molecule has 0 bridgehead atoms. The number of benzene rings is 2. The first-order chi connectivity index (χ1) is 15.9. The molecule has 0 saturated carbocycles. The van der Waals surface area contributed by atoms with Gasteiger partial charge < -0.3 is 15.5 Å². The molecule has 0 spiro atoms. The van der Waals surface area contributed by atoms with Gasteiger partial charge in [-0.2, -0.15) is 0 Å². The van der Waals surface area contributed by atoms with E-state index in [1.807, 2.05) is 12.1 Å². The number of aromatic amines is 1. The van der Waals surface area contributed by atoms with E-state index in [4.69, 9.17) is 11.6 Å². The monoisotopic (exact) mass is 468 g/mol. The summed E-state index contributed by atoms with van der Waals surface area (Å²) in [5, 5.41) is 37.3. The Bertz CT molecular complexity index is 1320. The summed E-state index contributed by atoms with van der Waals surface area (Å²) >= 11 is 6.09. The van der Waals surface area contributed by atoms with Gasteiger partial charge in [-0.25, -0.2) is 5.10 Å². The SMILES string of the molecule is O=C(N[C@H](CO)[C@H](O)c1ccc([N+](=O)[O-])cc1)c1cc[n+]2[nH]cc(-c3cccc(Cl)c3)c2n1. The third kappa shape index (κ3) is 4.67. The highest BCUT2D eigenvalue weighted by Gasteiger charge is 2.27. The maximum atomic E-state index is 12.8. The highest BCUT2D eigenvalue weighted by Crippen LogP contribution is 2.24. The van der Waals surface area contributed by atoms with Crippen LogP contribution in [-0.4, -0.2) is 43.8 Å². The van der Waals surface area contributed by atoms with Gasteiger partial charge in [0.25, 0.3) is 11.6 Å². The number of H-pyrrole nitrogens is 1. The molecule has 0 aliphatic carbocycles. The lowest BCUT2D eigenvalue weighted by Gasteiger charge is -2.21. The number of carbonyl (C=O) groups is 1. The minimum Gasteiger partial charge on any atom is -0.394 e. The second-order valence-electron chi connectivity index (χ2n) is 7.26. The molecule has 4 aromatic rings. The van der Waals surface area contributed by atoms with Gasteiger partial charge in [-0.1, -0.05) is 23.7 Å². The lowest BCUT2D eigenvalue weighted by Crippen LogP contribution is -2.42. The molecular formula is C22H19ClN5O5+. The fourth-order valence-corrected chi connectivity index (χ4v) is 3.59. The number of nitrogens with one attached hydrogen (secondary N) is 2. The van der Waals surface area contributed by atoms with Crippen molar-refractivity contribution < 1.29 is 24.4 Å². The topological polar surface area (TPSA) is 145 Å². The molecule has 2 atom stereocenters. The number of hydrogen-bond donors (Lipinski definition) is 4. The van der Waals surface area contributed by atoms with Crippen LogP contribution in [0.5, 0.6) is 0 Å². The largest absolute Gasteiger partial charge is 0.394 e. The zero-order chi connectivity index (χ0) is 23.5. The molecule has 0 saturated heterocycles. The van der Waals surface area contributed by atoms with Crippen LogP contribution in [0, 0.1) is 10.1 Å². The summed E-state index contributed by atoms with van der Waals surface area (Å²) < 4.78 is 1.64. The number of nitrogens with zero attached hydrogens (tertiary/aromatic N) is 3. The molecule has 0 unspecified atom stereocenters.